The zero-order valence-electron chi connectivity index (χ0n) is 7.40. The summed E-state index contributed by atoms with van der Waals surface area (Å²) in [6.45, 7) is 1.49. The van der Waals surface area contributed by atoms with E-state index >= 15 is 0 Å². The first-order chi connectivity index (χ1) is 6.56. The number of rotatable bonds is 2. The van der Waals surface area contributed by atoms with E-state index in [2.05, 4.69) is 0 Å². The molecule has 1 rings (SSSR count). The van der Waals surface area contributed by atoms with Crippen LogP contribution in [0.3, 0.4) is 0 Å². The van der Waals surface area contributed by atoms with Gasteiger partial charge in [0.2, 0.25) is 0 Å². The number of nitro groups is 1. The third-order valence-corrected chi connectivity index (χ3v) is 1.85. The van der Waals surface area contributed by atoms with E-state index in [1.165, 1.54) is 6.92 Å². The second-order valence-electron chi connectivity index (χ2n) is 2.81. The zero-order chi connectivity index (χ0) is 10.7. The van der Waals surface area contributed by atoms with Gasteiger partial charge in [-0.15, -0.1) is 0 Å². The maximum Gasteiger partial charge on any atom is 0.274 e. The number of halogens is 1. The molecule has 14 heavy (non-hydrogen) atoms. The summed E-state index contributed by atoms with van der Waals surface area (Å²) in [6, 6.07) is 4.93. The van der Waals surface area contributed by atoms with Gasteiger partial charge in [0.05, 0.1) is 16.9 Å². The summed E-state index contributed by atoms with van der Waals surface area (Å²) in [5, 5.41) is 19.1. The van der Waals surface area contributed by atoms with Crippen LogP contribution >= 0.6 is 0 Å². The Morgan fingerprint density at radius 1 is 1.64 bits per heavy atom. The Bertz CT molecular complexity index is 412. The Balaban J connectivity index is 3.31. The van der Waals surface area contributed by atoms with E-state index < -0.39 is 16.7 Å². The molecular formula is C9H7FN2O2. The van der Waals surface area contributed by atoms with E-state index in [-0.39, 0.29) is 11.3 Å². The number of hydrogen-bond acceptors (Lipinski definition) is 3. The normalized spacial score (nSPS) is 11.8. The summed E-state index contributed by atoms with van der Waals surface area (Å²) >= 11 is 0. The summed E-state index contributed by atoms with van der Waals surface area (Å²) in [7, 11) is 0. The third-order valence-electron chi connectivity index (χ3n) is 1.85. The smallest absolute Gasteiger partial charge is 0.258 e. The van der Waals surface area contributed by atoms with Gasteiger partial charge in [-0.3, -0.25) is 10.1 Å². The number of nitriles is 1. The highest BCUT2D eigenvalue weighted by Crippen LogP contribution is 2.26. The molecule has 4 nitrogen and oxygen atoms in total. The molecule has 0 amide bonds. The van der Waals surface area contributed by atoms with Crippen LogP contribution in [0, 0.1) is 27.3 Å². The van der Waals surface area contributed by atoms with Gasteiger partial charge in [0, 0.05) is 11.6 Å². The van der Waals surface area contributed by atoms with Crippen LogP contribution < -0.4 is 0 Å². The fourth-order valence-electron chi connectivity index (χ4n) is 1.11. The maximum atomic E-state index is 12.8. The van der Waals surface area contributed by atoms with Crippen molar-refractivity contribution in [3.05, 3.63) is 39.7 Å². The molecule has 0 spiro atoms. The molecule has 0 saturated carbocycles. The molecule has 0 aliphatic carbocycles. The average molecular weight is 194 g/mol. The Kier molecular flexibility index (Phi) is 2.77. The highest BCUT2D eigenvalue weighted by molar-refractivity contribution is 5.44. The minimum absolute atomic E-state index is 0.109. The largest absolute Gasteiger partial charge is 0.274 e. The van der Waals surface area contributed by atoms with E-state index in [9.17, 15) is 14.5 Å². The molecule has 0 saturated heterocycles. The van der Waals surface area contributed by atoms with Crippen LogP contribution in [-0.4, -0.2) is 4.92 Å². The van der Waals surface area contributed by atoms with Crippen LogP contribution in [0.25, 0.3) is 0 Å². The van der Waals surface area contributed by atoms with Crippen molar-refractivity contribution in [2.24, 2.45) is 0 Å². The van der Waals surface area contributed by atoms with Gasteiger partial charge in [0.15, 0.2) is 0 Å². The second kappa shape index (κ2) is 3.83. The van der Waals surface area contributed by atoms with Crippen molar-refractivity contribution in [2.75, 3.05) is 0 Å². The van der Waals surface area contributed by atoms with Gasteiger partial charge in [-0.05, 0) is 19.1 Å². The second-order valence-corrected chi connectivity index (χ2v) is 2.81. The van der Waals surface area contributed by atoms with Crippen LogP contribution in [0.1, 0.15) is 18.4 Å². The van der Waals surface area contributed by atoms with Gasteiger partial charge < -0.3 is 0 Å². The van der Waals surface area contributed by atoms with Crippen molar-refractivity contribution in [2.45, 2.75) is 12.8 Å². The summed E-state index contributed by atoms with van der Waals surface area (Å²) in [6.07, 6.45) is 0. The summed E-state index contributed by atoms with van der Waals surface area (Å²) < 4.78 is 12.8. The highest BCUT2D eigenvalue weighted by atomic mass is 19.1. The Morgan fingerprint density at radius 2 is 2.29 bits per heavy atom. The number of benzene rings is 1. The molecule has 5 heteroatoms. The Labute approximate surface area is 79.7 Å². The molecule has 1 aromatic carbocycles. The van der Waals surface area contributed by atoms with Crippen LogP contribution in [0.4, 0.5) is 10.1 Å². The predicted molar refractivity (Wildman–Crippen MR) is 47.1 cm³/mol. The first kappa shape index (κ1) is 10.1. The summed E-state index contributed by atoms with van der Waals surface area (Å²) in [4.78, 5) is 9.90. The quantitative estimate of drug-likeness (QED) is 0.536. The zero-order valence-corrected chi connectivity index (χ0v) is 7.40. The van der Waals surface area contributed by atoms with Crippen LogP contribution in [-0.2, 0) is 0 Å². The Hall–Kier alpha value is -1.96. The lowest BCUT2D eigenvalue weighted by atomic mass is 10.0. The van der Waals surface area contributed by atoms with Gasteiger partial charge in [-0.2, -0.15) is 5.26 Å². The molecule has 1 aromatic rings. The minimum Gasteiger partial charge on any atom is -0.258 e. The van der Waals surface area contributed by atoms with E-state index in [0.29, 0.717) is 0 Å². The molecular weight excluding hydrogens is 187 g/mol. The van der Waals surface area contributed by atoms with Crippen molar-refractivity contribution in [1.82, 2.24) is 0 Å². The molecule has 0 heterocycles. The summed E-state index contributed by atoms with van der Waals surface area (Å²) in [5.41, 5.74) is -0.113. The molecule has 1 atom stereocenters. The standard InChI is InChI=1S/C9H7FN2O2/c1-6(5-11)8-4-7(10)2-3-9(8)12(13)14/h2-4,6H,1H3. The molecule has 0 bridgehead atoms. The number of nitrogens with zero attached hydrogens (tertiary/aromatic N) is 2. The van der Waals surface area contributed by atoms with Gasteiger partial charge in [-0.25, -0.2) is 4.39 Å². The Morgan fingerprint density at radius 3 is 2.79 bits per heavy atom. The van der Waals surface area contributed by atoms with Gasteiger partial charge in [-0.1, -0.05) is 0 Å². The van der Waals surface area contributed by atoms with Crippen molar-refractivity contribution >= 4 is 5.69 Å². The molecule has 0 aliphatic heterocycles. The van der Waals surface area contributed by atoms with Crippen LogP contribution in [0.5, 0.6) is 0 Å². The molecule has 72 valence electrons. The van der Waals surface area contributed by atoms with Crippen molar-refractivity contribution in [3.8, 4) is 6.07 Å². The number of nitro benzene ring substituents is 1. The maximum absolute atomic E-state index is 12.8. The molecule has 0 aliphatic rings. The third kappa shape index (κ3) is 1.85. The first-order valence-electron chi connectivity index (χ1n) is 3.89. The predicted octanol–water partition coefficient (Wildman–Crippen LogP) is 2.36. The van der Waals surface area contributed by atoms with E-state index in [1.807, 2.05) is 6.07 Å². The fourth-order valence-corrected chi connectivity index (χ4v) is 1.11. The summed E-state index contributed by atoms with van der Waals surface area (Å²) in [5.74, 6) is -1.26. The molecule has 1 unspecified atom stereocenters. The topological polar surface area (TPSA) is 66.9 Å². The van der Waals surface area contributed by atoms with E-state index in [4.69, 9.17) is 5.26 Å². The lowest BCUT2D eigenvalue weighted by Crippen LogP contribution is -1.98. The lowest BCUT2D eigenvalue weighted by molar-refractivity contribution is -0.385. The monoisotopic (exact) mass is 194 g/mol. The van der Waals surface area contributed by atoms with Crippen LogP contribution in [0.15, 0.2) is 18.2 Å². The molecule has 0 aromatic heterocycles. The molecule has 0 fully saturated rings. The highest BCUT2D eigenvalue weighted by Gasteiger charge is 2.19. The fraction of sp³-hybridized carbons (Fsp3) is 0.222. The number of hydrogen-bond donors (Lipinski definition) is 0. The van der Waals surface area contributed by atoms with Crippen molar-refractivity contribution in [3.63, 3.8) is 0 Å². The van der Waals surface area contributed by atoms with Gasteiger partial charge in [0.1, 0.15) is 5.82 Å². The van der Waals surface area contributed by atoms with Crippen molar-refractivity contribution in [1.29, 1.82) is 5.26 Å². The molecule has 0 N–H and O–H groups in total. The van der Waals surface area contributed by atoms with E-state index in [1.54, 1.807) is 0 Å². The molecule has 0 radical (unpaired) electrons. The minimum atomic E-state index is -0.689. The van der Waals surface area contributed by atoms with Crippen LogP contribution in [0.2, 0.25) is 0 Å². The SMILES string of the molecule is CC(C#N)c1cc(F)ccc1[N+](=O)[O-]. The van der Waals surface area contributed by atoms with E-state index in [0.717, 1.165) is 18.2 Å². The lowest BCUT2D eigenvalue weighted by Gasteiger charge is -2.03. The van der Waals surface area contributed by atoms with Gasteiger partial charge in [0.25, 0.3) is 5.69 Å². The first-order valence-corrected chi connectivity index (χ1v) is 3.89. The average Bonchev–Trinajstić information content (AvgIpc) is 2.16. The van der Waals surface area contributed by atoms with Gasteiger partial charge >= 0.3 is 0 Å². The van der Waals surface area contributed by atoms with Crippen molar-refractivity contribution < 1.29 is 9.31 Å².